The summed E-state index contributed by atoms with van der Waals surface area (Å²) < 4.78 is 2.71. The van der Waals surface area contributed by atoms with Crippen molar-refractivity contribution in [2.75, 3.05) is 0 Å². The number of halogens is 1. The Labute approximate surface area is 112 Å². The Morgan fingerprint density at radius 1 is 1.65 bits per heavy atom. The van der Waals surface area contributed by atoms with Crippen LogP contribution >= 0.6 is 27.3 Å². The zero-order valence-electron chi connectivity index (χ0n) is 9.53. The molecule has 0 aliphatic heterocycles. The number of carbonyl (C=O) groups excluding carboxylic acids is 1. The van der Waals surface area contributed by atoms with Crippen molar-refractivity contribution in [2.45, 2.75) is 13.5 Å². The fraction of sp³-hybridized carbons (Fsp3) is 0.273. The van der Waals surface area contributed by atoms with E-state index in [0.717, 1.165) is 15.0 Å². The second-order valence-electron chi connectivity index (χ2n) is 3.74. The molecule has 0 unspecified atom stereocenters. The molecule has 90 valence electrons. The third kappa shape index (κ3) is 2.95. The minimum Gasteiger partial charge on any atom is -0.348 e. The Morgan fingerprint density at radius 3 is 2.94 bits per heavy atom. The number of carbonyl (C=O) groups is 1. The fourth-order valence-corrected chi connectivity index (χ4v) is 2.67. The molecule has 0 radical (unpaired) electrons. The maximum atomic E-state index is 11.8. The Morgan fingerprint density at radius 2 is 2.41 bits per heavy atom. The quantitative estimate of drug-likeness (QED) is 0.946. The van der Waals surface area contributed by atoms with Crippen LogP contribution in [0.1, 0.15) is 21.6 Å². The fourth-order valence-electron chi connectivity index (χ4n) is 1.53. The van der Waals surface area contributed by atoms with Crippen molar-refractivity contribution >= 4 is 33.2 Å². The van der Waals surface area contributed by atoms with Crippen LogP contribution in [0.2, 0.25) is 0 Å². The summed E-state index contributed by atoms with van der Waals surface area (Å²) in [6, 6.07) is 1.82. The topological polar surface area (TPSA) is 46.9 Å². The summed E-state index contributed by atoms with van der Waals surface area (Å²) in [6.45, 7) is 2.44. The highest BCUT2D eigenvalue weighted by Crippen LogP contribution is 2.20. The second-order valence-corrected chi connectivity index (χ2v) is 6.03. The van der Waals surface area contributed by atoms with Crippen LogP contribution in [-0.4, -0.2) is 15.7 Å². The van der Waals surface area contributed by atoms with Gasteiger partial charge < -0.3 is 5.32 Å². The molecule has 2 rings (SSSR count). The summed E-state index contributed by atoms with van der Waals surface area (Å²) in [6.07, 6.45) is 1.92. The largest absolute Gasteiger partial charge is 0.348 e. The molecular formula is C11H12BrN3OS. The number of amides is 1. The molecule has 0 aliphatic carbocycles. The Balaban J connectivity index is 1.99. The normalized spacial score (nSPS) is 10.5. The molecule has 2 aromatic heterocycles. The summed E-state index contributed by atoms with van der Waals surface area (Å²) in [5.74, 6) is -0.0600. The molecule has 17 heavy (non-hydrogen) atoms. The van der Waals surface area contributed by atoms with Crippen LogP contribution < -0.4 is 5.32 Å². The van der Waals surface area contributed by atoms with Crippen molar-refractivity contribution in [3.8, 4) is 0 Å². The zero-order chi connectivity index (χ0) is 12.4. The van der Waals surface area contributed by atoms with E-state index in [9.17, 15) is 4.79 Å². The zero-order valence-corrected chi connectivity index (χ0v) is 11.9. The van der Waals surface area contributed by atoms with Gasteiger partial charge in [0.1, 0.15) is 0 Å². The van der Waals surface area contributed by atoms with Gasteiger partial charge in [0.25, 0.3) is 5.91 Å². The van der Waals surface area contributed by atoms with Gasteiger partial charge in [-0.15, -0.1) is 11.3 Å². The Bertz CT molecular complexity index is 547. The van der Waals surface area contributed by atoms with E-state index >= 15 is 0 Å². The van der Waals surface area contributed by atoms with E-state index in [1.807, 2.05) is 31.6 Å². The molecule has 4 nitrogen and oxygen atoms in total. The molecular weight excluding hydrogens is 302 g/mol. The molecule has 0 bridgehead atoms. The number of thiophene rings is 1. The number of nitrogens with one attached hydrogen (secondary N) is 1. The molecule has 0 saturated heterocycles. The first-order chi connectivity index (χ1) is 8.06. The summed E-state index contributed by atoms with van der Waals surface area (Å²) in [7, 11) is 1.87. The van der Waals surface area contributed by atoms with Crippen molar-refractivity contribution in [1.29, 1.82) is 0 Å². The van der Waals surface area contributed by atoms with E-state index in [1.54, 1.807) is 4.68 Å². The smallest absolute Gasteiger partial charge is 0.252 e. The van der Waals surface area contributed by atoms with Gasteiger partial charge in [-0.05, 0) is 28.9 Å². The molecule has 1 N–H and O–H groups in total. The van der Waals surface area contributed by atoms with Crippen LogP contribution in [0.4, 0.5) is 0 Å². The van der Waals surface area contributed by atoms with E-state index in [2.05, 4.69) is 26.3 Å². The third-order valence-corrected chi connectivity index (χ3v) is 3.89. The first-order valence-electron chi connectivity index (χ1n) is 5.07. The van der Waals surface area contributed by atoms with Gasteiger partial charge in [0.05, 0.1) is 15.0 Å². The predicted molar refractivity (Wildman–Crippen MR) is 71.1 cm³/mol. The van der Waals surface area contributed by atoms with Gasteiger partial charge in [-0.3, -0.25) is 9.48 Å². The highest BCUT2D eigenvalue weighted by molar-refractivity contribution is 9.11. The standard InChI is InChI=1S/C11H12BrN3OS/c1-7-9(5-15(2)14-7)4-13-11(16)8-3-10(12)17-6-8/h3,5-6H,4H2,1-2H3,(H,13,16). The average molecular weight is 314 g/mol. The van der Waals surface area contributed by atoms with Crippen LogP contribution in [0.5, 0.6) is 0 Å². The first kappa shape index (κ1) is 12.3. The van der Waals surface area contributed by atoms with Crippen LogP contribution in [-0.2, 0) is 13.6 Å². The summed E-state index contributed by atoms with van der Waals surface area (Å²) in [5.41, 5.74) is 2.66. The van der Waals surface area contributed by atoms with Crippen molar-refractivity contribution in [3.05, 3.63) is 38.3 Å². The monoisotopic (exact) mass is 313 g/mol. The minimum absolute atomic E-state index is 0.0600. The van der Waals surface area contributed by atoms with E-state index < -0.39 is 0 Å². The average Bonchev–Trinajstić information content (AvgIpc) is 2.82. The maximum Gasteiger partial charge on any atom is 0.252 e. The van der Waals surface area contributed by atoms with E-state index in [0.29, 0.717) is 12.1 Å². The van der Waals surface area contributed by atoms with Crippen molar-refractivity contribution in [1.82, 2.24) is 15.1 Å². The van der Waals surface area contributed by atoms with E-state index in [1.165, 1.54) is 11.3 Å². The number of nitrogens with zero attached hydrogens (tertiary/aromatic N) is 2. The molecule has 0 saturated carbocycles. The lowest BCUT2D eigenvalue weighted by atomic mass is 10.2. The van der Waals surface area contributed by atoms with Gasteiger partial charge in [0.2, 0.25) is 0 Å². The van der Waals surface area contributed by atoms with Gasteiger partial charge in [-0.1, -0.05) is 0 Å². The van der Waals surface area contributed by atoms with Gasteiger partial charge in [-0.2, -0.15) is 5.10 Å². The van der Waals surface area contributed by atoms with Crippen molar-refractivity contribution in [3.63, 3.8) is 0 Å². The van der Waals surface area contributed by atoms with Gasteiger partial charge in [0.15, 0.2) is 0 Å². The number of rotatable bonds is 3. The molecule has 2 aromatic rings. The van der Waals surface area contributed by atoms with Gasteiger partial charge in [-0.25, -0.2) is 0 Å². The minimum atomic E-state index is -0.0600. The molecule has 0 atom stereocenters. The molecule has 0 aromatic carbocycles. The number of hydrogen-bond acceptors (Lipinski definition) is 3. The maximum absolute atomic E-state index is 11.8. The number of hydrogen-bond donors (Lipinski definition) is 1. The highest BCUT2D eigenvalue weighted by atomic mass is 79.9. The lowest BCUT2D eigenvalue weighted by molar-refractivity contribution is 0.0951. The molecule has 0 fully saturated rings. The van der Waals surface area contributed by atoms with Gasteiger partial charge >= 0.3 is 0 Å². The predicted octanol–water partition coefficient (Wildman–Crippen LogP) is 2.48. The molecule has 6 heteroatoms. The highest BCUT2D eigenvalue weighted by Gasteiger charge is 2.09. The summed E-state index contributed by atoms with van der Waals surface area (Å²) in [4.78, 5) is 11.8. The Hall–Kier alpha value is -1.14. The molecule has 0 spiro atoms. The van der Waals surface area contributed by atoms with Crippen LogP contribution in [0.3, 0.4) is 0 Å². The first-order valence-corrected chi connectivity index (χ1v) is 6.75. The molecule has 0 aliphatic rings. The SMILES string of the molecule is Cc1nn(C)cc1CNC(=O)c1csc(Br)c1. The molecule has 1 amide bonds. The lowest BCUT2D eigenvalue weighted by Crippen LogP contribution is -2.22. The number of aromatic nitrogens is 2. The molecule has 2 heterocycles. The van der Waals surface area contributed by atoms with Crippen molar-refractivity contribution in [2.24, 2.45) is 7.05 Å². The van der Waals surface area contributed by atoms with E-state index in [-0.39, 0.29) is 5.91 Å². The lowest BCUT2D eigenvalue weighted by Gasteiger charge is -2.01. The Kier molecular flexibility index (Phi) is 3.63. The van der Waals surface area contributed by atoms with Crippen LogP contribution in [0.25, 0.3) is 0 Å². The van der Waals surface area contributed by atoms with Crippen LogP contribution in [0.15, 0.2) is 21.4 Å². The van der Waals surface area contributed by atoms with Gasteiger partial charge in [0, 0.05) is 30.7 Å². The number of aryl methyl sites for hydroxylation is 2. The summed E-state index contributed by atoms with van der Waals surface area (Å²) >= 11 is 4.84. The van der Waals surface area contributed by atoms with Crippen molar-refractivity contribution < 1.29 is 4.79 Å². The van der Waals surface area contributed by atoms with Crippen LogP contribution in [0, 0.1) is 6.92 Å². The third-order valence-electron chi connectivity index (χ3n) is 2.38. The second kappa shape index (κ2) is 5.01. The van der Waals surface area contributed by atoms with E-state index in [4.69, 9.17) is 0 Å². The summed E-state index contributed by atoms with van der Waals surface area (Å²) in [5, 5.41) is 8.93.